The van der Waals surface area contributed by atoms with E-state index >= 15 is 0 Å². The van der Waals surface area contributed by atoms with Gasteiger partial charge in [0.25, 0.3) is 0 Å². The number of ether oxygens (including phenoxy) is 1. The molecule has 3 heteroatoms. The number of halogens is 1. The van der Waals surface area contributed by atoms with Crippen LogP contribution in [0.2, 0.25) is 0 Å². The molecule has 1 N–H and O–H groups in total. The van der Waals surface area contributed by atoms with E-state index in [1.807, 2.05) is 0 Å². The molecule has 1 aliphatic rings. The maximum Gasteiger partial charge on any atom is 0.126 e. The van der Waals surface area contributed by atoms with Gasteiger partial charge in [-0.15, -0.1) is 0 Å². The van der Waals surface area contributed by atoms with Crippen LogP contribution in [0.25, 0.3) is 0 Å². The molecule has 0 spiro atoms. The van der Waals surface area contributed by atoms with Crippen LogP contribution in [-0.4, -0.2) is 18.7 Å². The van der Waals surface area contributed by atoms with Crippen molar-refractivity contribution in [3.63, 3.8) is 0 Å². The molecule has 1 aromatic rings. The van der Waals surface area contributed by atoms with Gasteiger partial charge in [0.15, 0.2) is 0 Å². The first-order valence-corrected chi connectivity index (χ1v) is 6.85. The van der Waals surface area contributed by atoms with E-state index < -0.39 is 0 Å². The molecule has 0 aromatic heterocycles. The highest BCUT2D eigenvalue weighted by Crippen LogP contribution is 2.25. The average molecular weight is 251 g/mol. The molecule has 0 heterocycles. The molecule has 1 aliphatic carbocycles. The Labute approximate surface area is 109 Å². The summed E-state index contributed by atoms with van der Waals surface area (Å²) in [6.45, 7) is 4.91. The summed E-state index contributed by atoms with van der Waals surface area (Å²) in [5.74, 6) is 0.618. The molecule has 2 atom stereocenters. The van der Waals surface area contributed by atoms with E-state index in [1.54, 1.807) is 19.1 Å². The minimum absolute atomic E-state index is 0.170. The summed E-state index contributed by atoms with van der Waals surface area (Å²) in [4.78, 5) is 0. The zero-order valence-electron chi connectivity index (χ0n) is 11.2. The minimum Gasteiger partial charge on any atom is -0.490 e. The third-order valence-electron chi connectivity index (χ3n) is 3.55. The van der Waals surface area contributed by atoms with E-state index in [1.165, 1.54) is 18.9 Å². The van der Waals surface area contributed by atoms with Gasteiger partial charge >= 0.3 is 0 Å². The highest BCUT2D eigenvalue weighted by molar-refractivity contribution is 5.29. The summed E-state index contributed by atoms with van der Waals surface area (Å²) in [6, 6.07) is 5.55. The van der Waals surface area contributed by atoms with Crippen molar-refractivity contribution in [1.82, 2.24) is 5.32 Å². The standard InChI is InChI=1S/C15H22FNO/c1-3-17-12-5-4-6-13(10-12)18-14-7-8-15(16)11(2)9-14/h7-9,12-13,17H,3-6,10H2,1-2H3. The van der Waals surface area contributed by atoms with Crippen molar-refractivity contribution in [3.8, 4) is 5.75 Å². The monoisotopic (exact) mass is 251 g/mol. The van der Waals surface area contributed by atoms with Crippen LogP contribution in [0.15, 0.2) is 18.2 Å². The Hall–Kier alpha value is -1.09. The van der Waals surface area contributed by atoms with Crippen molar-refractivity contribution in [2.45, 2.75) is 51.7 Å². The van der Waals surface area contributed by atoms with E-state index in [-0.39, 0.29) is 11.9 Å². The number of hydrogen-bond acceptors (Lipinski definition) is 2. The largest absolute Gasteiger partial charge is 0.490 e. The van der Waals surface area contributed by atoms with Gasteiger partial charge in [0, 0.05) is 6.04 Å². The Balaban J connectivity index is 1.93. The van der Waals surface area contributed by atoms with E-state index in [0.717, 1.165) is 25.1 Å². The Bertz CT molecular complexity index is 392. The second-order valence-corrected chi connectivity index (χ2v) is 5.07. The highest BCUT2D eigenvalue weighted by Gasteiger charge is 2.22. The van der Waals surface area contributed by atoms with Crippen LogP contribution in [0.3, 0.4) is 0 Å². The molecule has 0 aliphatic heterocycles. The van der Waals surface area contributed by atoms with E-state index in [4.69, 9.17) is 4.74 Å². The highest BCUT2D eigenvalue weighted by atomic mass is 19.1. The number of hydrogen-bond donors (Lipinski definition) is 1. The molecule has 1 saturated carbocycles. The van der Waals surface area contributed by atoms with Crippen LogP contribution in [0.5, 0.6) is 5.75 Å². The molecule has 0 radical (unpaired) electrons. The first-order chi connectivity index (χ1) is 8.69. The van der Waals surface area contributed by atoms with E-state index in [2.05, 4.69) is 12.2 Å². The maximum atomic E-state index is 13.2. The third-order valence-corrected chi connectivity index (χ3v) is 3.55. The van der Waals surface area contributed by atoms with E-state index in [9.17, 15) is 4.39 Å². The van der Waals surface area contributed by atoms with Gasteiger partial charge in [-0.2, -0.15) is 0 Å². The van der Waals surface area contributed by atoms with Crippen LogP contribution < -0.4 is 10.1 Å². The molecule has 2 nitrogen and oxygen atoms in total. The van der Waals surface area contributed by atoms with Crippen LogP contribution in [0.4, 0.5) is 4.39 Å². The molecule has 0 amide bonds. The molecule has 18 heavy (non-hydrogen) atoms. The lowest BCUT2D eigenvalue weighted by atomic mass is 9.93. The SMILES string of the molecule is CCNC1CCCC(Oc2ccc(F)c(C)c2)C1. The fourth-order valence-electron chi connectivity index (χ4n) is 2.61. The quantitative estimate of drug-likeness (QED) is 0.885. The van der Waals surface area contributed by atoms with E-state index in [0.29, 0.717) is 11.6 Å². The van der Waals surface area contributed by atoms with Crippen LogP contribution in [-0.2, 0) is 0 Å². The molecule has 0 saturated heterocycles. The molecule has 1 fully saturated rings. The molecule has 100 valence electrons. The first kappa shape index (κ1) is 13.3. The molecule has 2 unspecified atom stereocenters. The molecule has 1 aromatic carbocycles. The smallest absolute Gasteiger partial charge is 0.126 e. The number of nitrogens with one attached hydrogen (secondary N) is 1. The Morgan fingerprint density at radius 1 is 1.39 bits per heavy atom. The average Bonchev–Trinajstić information content (AvgIpc) is 2.35. The van der Waals surface area contributed by atoms with Crippen LogP contribution >= 0.6 is 0 Å². The number of rotatable bonds is 4. The van der Waals surface area contributed by atoms with Crippen molar-refractivity contribution in [1.29, 1.82) is 0 Å². The predicted octanol–water partition coefficient (Wildman–Crippen LogP) is 3.43. The van der Waals surface area contributed by atoms with Gasteiger partial charge in [0.1, 0.15) is 17.7 Å². The van der Waals surface area contributed by atoms with Gasteiger partial charge in [-0.1, -0.05) is 6.92 Å². The van der Waals surface area contributed by atoms with Gasteiger partial charge in [-0.05, 0) is 62.9 Å². The Morgan fingerprint density at radius 3 is 2.94 bits per heavy atom. The zero-order valence-corrected chi connectivity index (χ0v) is 11.2. The zero-order chi connectivity index (χ0) is 13.0. The predicted molar refractivity (Wildman–Crippen MR) is 71.5 cm³/mol. The van der Waals surface area contributed by atoms with Crippen molar-refractivity contribution in [3.05, 3.63) is 29.6 Å². The van der Waals surface area contributed by atoms with Gasteiger partial charge in [0.05, 0.1) is 0 Å². The fraction of sp³-hybridized carbons (Fsp3) is 0.600. The second-order valence-electron chi connectivity index (χ2n) is 5.07. The summed E-state index contributed by atoms with van der Waals surface area (Å²) in [7, 11) is 0. The van der Waals surface area contributed by atoms with Crippen LogP contribution in [0, 0.1) is 12.7 Å². The number of benzene rings is 1. The molecule has 0 bridgehead atoms. The Morgan fingerprint density at radius 2 is 2.22 bits per heavy atom. The Kier molecular flexibility index (Phi) is 4.59. The third kappa shape index (κ3) is 3.45. The first-order valence-electron chi connectivity index (χ1n) is 6.85. The lowest BCUT2D eigenvalue weighted by molar-refractivity contribution is 0.135. The van der Waals surface area contributed by atoms with Crippen molar-refractivity contribution >= 4 is 0 Å². The molecule has 2 rings (SSSR count). The van der Waals surface area contributed by atoms with Gasteiger partial charge in [-0.25, -0.2) is 4.39 Å². The van der Waals surface area contributed by atoms with Gasteiger partial charge in [-0.3, -0.25) is 0 Å². The van der Waals surface area contributed by atoms with Crippen molar-refractivity contribution < 1.29 is 9.13 Å². The van der Waals surface area contributed by atoms with Crippen molar-refractivity contribution in [2.24, 2.45) is 0 Å². The lowest BCUT2D eigenvalue weighted by Gasteiger charge is -2.30. The summed E-state index contributed by atoms with van der Waals surface area (Å²) in [5, 5.41) is 3.48. The summed E-state index contributed by atoms with van der Waals surface area (Å²) >= 11 is 0. The normalized spacial score (nSPS) is 23.9. The molecular formula is C15H22FNO. The van der Waals surface area contributed by atoms with Crippen LogP contribution in [0.1, 0.15) is 38.2 Å². The van der Waals surface area contributed by atoms with Gasteiger partial charge < -0.3 is 10.1 Å². The lowest BCUT2D eigenvalue weighted by Crippen LogP contribution is -2.37. The fourth-order valence-corrected chi connectivity index (χ4v) is 2.61. The summed E-state index contributed by atoms with van der Waals surface area (Å²) < 4.78 is 19.1. The van der Waals surface area contributed by atoms with Crippen molar-refractivity contribution in [2.75, 3.05) is 6.54 Å². The number of aryl methyl sites for hydroxylation is 1. The van der Waals surface area contributed by atoms with Gasteiger partial charge in [0.2, 0.25) is 0 Å². The summed E-state index contributed by atoms with van der Waals surface area (Å²) in [5.41, 5.74) is 0.645. The minimum atomic E-state index is -0.170. The summed E-state index contributed by atoms with van der Waals surface area (Å²) in [6.07, 6.45) is 4.83. The topological polar surface area (TPSA) is 21.3 Å². The molecular weight excluding hydrogens is 229 g/mol. The maximum absolute atomic E-state index is 13.2. The second kappa shape index (κ2) is 6.19.